The minimum Gasteiger partial charge on any atom is -0.354 e. The third-order valence-electron chi connectivity index (χ3n) is 3.50. The average molecular weight is 314 g/mol. The summed E-state index contributed by atoms with van der Waals surface area (Å²) < 4.78 is 10.1. The molecule has 2 rings (SSSR count). The highest BCUT2D eigenvalue weighted by Crippen LogP contribution is 2.21. The van der Waals surface area contributed by atoms with Crippen LogP contribution in [0.3, 0.4) is 0 Å². The van der Waals surface area contributed by atoms with Gasteiger partial charge in [-0.05, 0) is 11.1 Å². The molecule has 2 N–H and O–H groups in total. The summed E-state index contributed by atoms with van der Waals surface area (Å²) in [5, 5.41) is 5.75. The van der Waals surface area contributed by atoms with Gasteiger partial charge in [0.15, 0.2) is 6.29 Å². The molecule has 0 bridgehead atoms. The van der Waals surface area contributed by atoms with E-state index in [2.05, 4.69) is 10.6 Å². The molecule has 0 saturated carbocycles. The molecule has 0 atom stereocenters. The summed E-state index contributed by atoms with van der Waals surface area (Å²) in [5.74, 6) is 0. The monoisotopic (exact) mass is 314 g/mol. The van der Waals surface area contributed by atoms with E-state index in [4.69, 9.17) is 9.47 Å². The maximum absolute atomic E-state index is 12.2. The van der Waals surface area contributed by atoms with E-state index in [9.17, 15) is 4.79 Å². The van der Waals surface area contributed by atoms with Crippen molar-refractivity contribution < 1.29 is 14.3 Å². The van der Waals surface area contributed by atoms with E-state index >= 15 is 0 Å². The van der Waals surface area contributed by atoms with Gasteiger partial charge in [0.25, 0.3) is 0 Å². The average Bonchev–Trinajstić information content (AvgIpc) is 2.62. The summed E-state index contributed by atoms with van der Waals surface area (Å²) in [4.78, 5) is 12.2. The predicted molar refractivity (Wildman–Crippen MR) is 89.1 cm³/mol. The fourth-order valence-corrected chi connectivity index (χ4v) is 2.27. The van der Waals surface area contributed by atoms with Crippen LogP contribution in [0.2, 0.25) is 0 Å². The Kier molecular flexibility index (Phi) is 6.59. The Morgan fingerprint density at radius 1 is 0.913 bits per heavy atom. The van der Waals surface area contributed by atoms with Gasteiger partial charge in [-0.25, -0.2) is 4.79 Å². The Labute approximate surface area is 136 Å². The second-order valence-electron chi connectivity index (χ2n) is 5.01. The van der Waals surface area contributed by atoms with E-state index in [0.717, 1.165) is 11.1 Å². The van der Waals surface area contributed by atoms with Crippen molar-refractivity contribution in [3.8, 4) is 0 Å². The van der Waals surface area contributed by atoms with Crippen LogP contribution in [0.25, 0.3) is 0 Å². The topological polar surface area (TPSA) is 59.6 Å². The van der Waals surface area contributed by atoms with E-state index in [1.807, 2.05) is 60.7 Å². The van der Waals surface area contributed by atoms with E-state index < -0.39 is 6.29 Å². The molecule has 5 nitrogen and oxygen atoms in total. The first-order chi connectivity index (χ1) is 11.2. The highest BCUT2D eigenvalue weighted by Gasteiger charge is 2.17. The molecule has 0 radical (unpaired) electrons. The lowest BCUT2D eigenvalue weighted by Gasteiger charge is -2.21. The molecule has 0 fully saturated rings. The number of methoxy groups -OCH3 is 2. The van der Waals surface area contributed by atoms with Gasteiger partial charge in [-0.15, -0.1) is 0 Å². The summed E-state index contributed by atoms with van der Waals surface area (Å²) in [6.45, 7) is 0.273. The number of hydrogen-bond acceptors (Lipinski definition) is 3. The molecule has 5 heteroatoms. The third-order valence-corrected chi connectivity index (χ3v) is 3.50. The van der Waals surface area contributed by atoms with E-state index in [1.54, 1.807) is 0 Å². The Hall–Kier alpha value is -2.37. The molecular weight excluding hydrogens is 292 g/mol. The third kappa shape index (κ3) is 5.09. The van der Waals surface area contributed by atoms with Crippen molar-refractivity contribution >= 4 is 6.03 Å². The molecule has 0 saturated heterocycles. The molecule has 2 aromatic rings. The molecule has 2 aromatic carbocycles. The zero-order valence-corrected chi connectivity index (χ0v) is 13.4. The Balaban J connectivity index is 2.08. The normalized spacial score (nSPS) is 10.8. The number of amides is 2. The number of hydrogen-bond donors (Lipinski definition) is 2. The molecule has 0 aliphatic heterocycles. The summed E-state index contributed by atoms with van der Waals surface area (Å²) in [5.41, 5.74) is 2.03. The van der Waals surface area contributed by atoms with Crippen molar-refractivity contribution in [1.82, 2.24) is 10.6 Å². The number of nitrogens with one attached hydrogen (secondary N) is 2. The molecule has 0 aromatic heterocycles. The van der Waals surface area contributed by atoms with Crippen LogP contribution in [-0.4, -0.2) is 33.1 Å². The molecule has 2 amide bonds. The van der Waals surface area contributed by atoms with Gasteiger partial charge in [0, 0.05) is 14.2 Å². The van der Waals surface area contributed by atoms with Crippen molar-refractivity contribution in [2.45, 2.75) is 12.3 Å². The molecular formula is C18H22N2O3. The van der Waals surface area contributed by atoms with Crippen LogP contribution in [-0.2, 0) is 9.47 Å². The zero-order valence-electron chi connectivity index (χ0n) is 13.4. The molecule has 0 aliphatic carbocycles. The van der Waals surface area contributed by atoms with Gasteiger partial charge in [-0.3, -0.25) is 0 Å². The summed E-state index contributed by atoms with van der Waals surface area (Å²) in [6, 6.07) is 19.2. The fraction of sp³-hybridized carbons (Fsp3) is 0.278. The SMILES string of the molecule is COC(CNC(=O)NC(c1ccccc1)c1ccccc1)OC. The summed E-state index contributed by atoms with van der Waals surface area (Å²) in [7, 11) is 3.06. The largest absolute Gasteiger partial charge is 0.354 e. The van der Waals surface area contributed by atoms with Crippen LogP contribution < -0.4 is 10.6 Å². The number of ether oxygens (including phenoxy) is 2. The molecule has 0 unspecified atom stereocenters. The van der Waals surface area contributed by atoms with Crippen LogP contribution in [0.5, 0.6) is 0 Å². The quantitative estimate of drug-likeness (QED) is 0.773. The van der Waals surface area contributed by atoms with E-state index in [1.165, 1.54) is 14.2 Å². The summed E-state index contributed by atoms with van der Waals surface area (Å²) in [6.07, 6.45) is -0.465. The lowest BCUT2D eigenvalue weighted by molar-refractivity contribution is -0.0971. The van der Waals surface area contributed by atoms with Crippen LogP contribution >= 0.6 is 0 Å². The zero-order chi connectivity index (χ0) is 16.5. The number of urea groups is 1. The Morgan fingerprint density at radius 2 is 1.39 bits per heavy atom. The number of rotatable bonds is 7. The number of benzene rings is 2. The molecule has 0 heterocycles. The van der Waals surface area contributed by atoms with Gasteiger partial charge in [-0.1, -0.05) is 60.7 Å². The molecule has 0 spiro atoms. The van der Waals surface area contributed by atoms with Gasteiger partial charge in [0.05, 0.1) is 12.6 Å². The van der Waals surface area contributed by atoms with E-state index in [0.29, 0.717) is 0 Å². The first kappa shape index (κ1) is 17.0. The van der Waals surface area contributed by atoms with Crippen LogP contribution in [0.15, 0.2) is 60.7 Å². The van der Waals surface area contributed by atoms with Crippen LogP contribution in [0.4, 0.5) is 4.79 Å². The minimum atomic E-state index is -0.465. The Morgan fingerprint density at radius 3 is 1.83 bits per heavy atom. The van der Waals surface area contributed by atoms with E-state index in [-0.39, 0.29) is 18.6 Å². The highest BCUT2D eigenvalue weighted by molar-refractivity contribution is 5.75. The smallest absolute Gasteiger partial charge is 0.315 e. The lowest BCUT2D eigenvalue weighted by atomic mass is 9.99. The first-order valence-electron chi connectivity index (χ1n) is 7.44. The second kappa shape index (κ2) is 8.92. The molecule has 122 valence electrons. The van der Waals surface area contributed by atoms with Crippen molar-refractivity contribution in [3.63, 3.8) is 0 Å². The summed E-state index contributed by atoms with van der Waals surface area (Å²) >= 11 is 0. The van der Waals surface area contributed by atoms with Crippen molar-refractivity contribution in [3.05, 3.63) is 71.8 Å². The maximum atomic E-state index is 12.2. The van der Waals surface area contributed by atoms with Gasteiger partial charge in [0.2, 0.25) is 0 Å². The first-order valence-corrected chi connectivity index (χ1v) is 7.44. The molecule has 23 heavy (non-hydrogen) atoms. The van der Waals surface area contributed by atoms with Gasteiger partial charge in [-0.2, -0.15) is 0 Å². The number of carbonyl (C=O) groups excluding carboxylic acids is 1. The Bertz CT molecular complexity index is 546. The predicted octanol–water partition coefficient (Wildman–Crippen LogP) is 2.69. The van der Waals surface area contributed by atoms with Crippen molar-refractivity contribution in [2.75, 3.05) is 20.8 Å². The van der Waals surface area contributed by atoms with Crippen LogP contribution in [0, 0.1) is 0 Å². The second-order valence-corrected chi connectivity index (χ2v) is 5.01. The van der Waals surface area contributed by atoms with Gasteiger partial charge in [0.1, 0.15) is 0 Å². The molecule has 0 aliphatic rings. The maximum Gasteiger partial charge on any atom is 0.315 e. The fourth-order valence-electron chi connectivity index (χ4n) is 2.27. The van der Waals surface area contributed by atoms with Gasteiger partial charge >= 0.3 is 6.03 Å². The highest BCUT2D eigenvalue weighted by atomic mass is 16.7. The van der Waals surface area contributed by atoms with Crippen molar-refractivity contribution in [1.29, 1.82) is 0 Å². The van der Waals surface area contributed by atoms with Gasteiger partial charge < -0.3 is 20.1 Å². The lowest BCUT2D eigenvalue weighted by Crippen LogP contribution is -2.42. The number of carbonyl (C=O) groups is 1. The minimum absolute atomic E-state index is 0.221. The van der Waals surface area contributed by atoms with Crippen LogP contribution in [0.1, 0.15) is 17.2 Å². The standard InChI is InChI=1S/C18H22N2O3/c1-22-16(23-2)13-19-18(21)20-17(14-9-5-3-6-10-14)15-11-7-4-8-12-15/h3-12,16-17H,13H2,1-2H3,(H2,19,20,21). The van der Waals surface area contributed by atoms with Crippen molar-refractivity contribution in [2.24, 2.45) is 0 Å².